The Bertz CT molecular complexity index is 331. The summed E-state index contributed by atoms with van der Waals surface area (Å²) in [4.78, 5) is 4.14. The minimum Gasteiger partial charge on any atom is -0.473 e. The summed E-state index contributed by atoms with van der Waals surface area (Å²) in [6.07, 6.45) is 0. The Hall–Kier alpha value is -0.0700. The van der Waals surface area contributed by atoms with E-state index in [4.69, 9.17) is 16.3 Å². The number of hydrogen-bond donors (Lipinski definition) is 1. The molecule has 1 aromatic rings. The molecule has 0 amide bonds. The SMILES string of the molecule is Cc1cccc(OCC(O)(Cl)C(C)I)n1. The van der Waals surface area contributed by atoms with Crippen molar-refractivity contribution in [1.82, 2.24) is 4.98 Å². The fraction of sp³-hybridized carbons (Fsp3) is 0.500. The van der Waals surface area contributed by atoms with E-state index in [1.165, 1.54) is 0 Å². The molecule has 2 atom stereocenters. The van der Waals surface area contributed by atoms with Gasteiger partial charge in [-0.3, -0.25) is 0 Å². The molecular weight excluding hydrogens is 328 g/mol. The predicted molar refractivity (Wildman–Crippen MR) is 68.8 cm³/mol. The first kappa shape index (κ1) is 13.0. The van der Waals surface area contributed by atoms with Crippen molar-refractivity contribution in [3.63, 3.8) is 0 Å². The van der Waals surface area contributed by atoms with E-state index >= 15 is 0 Å². The van der Waals surface area contributed by atoms with Crippen LogP contribution in [0.5, 0.6) is 5.88 Å². The van der Waals surface area contributed by atoms with Crippen molar-refractivity contribution < 1.29 is 9.84 Å². The highest BCUT2D eigenvalue weighted by Crippen LogP contribution is 2.24. The third kappa shape index (κ3) is 4.12. The Morgan fingerprint density at radius 1 is 1.67 bits per heavy atom. The van der Waals surface area contributed by atoms with E-state index in [9.17, 15) is 5.11 Å². The molecule has 1 heterocycles. The van der Waals surface area contributed by atoms with Crippen LogP contribution >= 0.6 is 34.2 Å². The topological polar surface area (TPSA) is 42.4 Å². The van der Waals surface area contributed by atoms with Crippen LogP contribution in [0.2, 0.25) is 0 Å². The second-order valence-electron chi connectivity index (χ2n) is 3.34. The van der Waals surface area contributed by atoms with Crippen LogP contribution in [0.4, 0.5) is 0 Å². The first-order valence-corrected chi connectivity index (χ1v) is 6.16. The van der Waals surface area contributed by atoms with Gasteiger partial charge in [0.1, 0.15) is 6.61 Å². The van der Waals surface area contributed by atoms with Crippen molar-refractivity contribution in [2.75, 3.05) is 6.61 Å². The molecular formula is C10H13ClINO2. The number of alkyl halides is 2. The number of aryl methyl sites for hydroxylation is 1. The van der Waals surface area contributed by atoms with Crippen molar-refractivity contribution in [3.05, 3.63) is 23.9 Å². The van der Waals surface area contributed by atoms with Gasteiger partial charge in [-0.05, 0) is 19.9 Å². The molecule has 0 aliphatic heterocycles. The Kier molecular flexibility index (Phi) is 4.61. The molecule has 0 saturated heterocycles. The zero-order chi connectivity index (χ0) is 11.5. The minimum absolute atomic E-state index is 0.0229. The second-order valence-corrected chi connectivity index (χ2v) is 5.86. The largest absolute Gasteiger partial charge is 0.473 e. The average molecular weight is 342 g/mol. The summed E-state index contributed by atoms with van der Waals surface area (Å²) in [5.41, 5.74) is 0.869. The lowest BCUT2D eigenvalue weighted by molar-refractivity contribution is 0.0719. The molecule has 0 aromatic carbocycles. The van der Waals surface area contributed by atoms with Gasteiger partial charge in [0.05, 0.1) is 3.92 Å². The highest BCUT2D eigenvalue weighted by atomic mass is 127. The van der Waals surface area contributed by atoms with Gasteiger partial charge in [-0.1, -0.05) is 40.3 Å². The first-order chi connectivity index (χ1) is 6.92. The maximum absolute atomic E-state index is 9.73. The first-order valence-electron chi connectivity index (χ1n) is 4.53. The van der Waals surface area contributed by atoms with Crippen molar-refractivity contribution in [2.24, 2.45) is 0 Å². The van der Waals surface area contributed by atoms with Gasteiger partial charge in [-0.15, -0.1) is 0 Å². The lowest BCUT2D eigenvalue weighted by Gasteiger charge is -2.23. The number of rotatable bonds is 4. The van der Waals surface area contributed by atoms with Gasteiger partial charge in [-0.2, -0.15) is 0 Å². The molecule has 0 bridgehead atoms. The number of pyridine rings is 1. The number of hydrogen-bond acceptors (Lipinski definition) is 3. The molecule has 0 fully saturated rings. The lowest BCUT2D eigenvalue weighted by atomic mass is 10.3. The maximum atomic E-state index is 9.73. The highest BCUT2D eigenvalue weighted by Gasteiger charge is 2.30. The van der Waals surface area contributed by atoms with E-state index in [0.717, 1.165) is 5.69 Å². The molecule has 0 aliphatic carbocycles. The number of ether oxygens (including phenoxy) is 1. The molecule has 0 saturated carbocycles. The molecule has 1 N–H and O–H groups in total. The van der Waals surface area contributed by atoms with E-state index in [2.05, 4.69) is 27.6 Å². The average Bonchev–Trinajstić information content (AvgIpc) is 2.15. The second kappa shape index (κ2) is 5.32. The number of aromatic nitrogens is 1. The van der Waals surface area contributed by atoms with Gasteiger partial charge in [0.2, 0.25) is 5.88 Å². The van der Waals surface area contributed by atoms with Crippen LogP contribution in [-0.2, 0) is 0 Å². The predicted octanol–water partition coefficient (Wildman–Crippen LogP) is 2.52. The summed E-state index contributed by atoms with van der Waals surface area (Å²) in [5, 5.41) is 8.37. The van der Waals surface area contributed by atoms with Crippen LogP contribution in [0.25, 0.3) is 0 Å². The van der Waals surface area contributed by atoms with Crippen LogP contribution < -0.4 is 4.74 Å². The van der Waals surface area contributed by atoms with Gasteiger partial charge in [0.25, 0.3) is 0 Å². The molecule has 5 heteroatoms. The Morgan fingerprint density at radius 3 is 2.87 bits per heavy atom. The third-order valence-electron chi connectivity index (χ3n) is 1.89. The summed E-state index contributed by atoms with van der Waals surface area (Å²) in [6, 6.07) is 5.46. The Labute approximate surface area is 108 Å². The number of aliphatic hydroxyl groups is 1. The molecule has 0 spiro atoms. The van der Waals surface area contributed by atoms with Crippen molar-refractivity contribution >= 4 is 34.2 Å². The molecule has 0 radical (unpaired) electrons. The molecule has 84 valence electrons. The number of nitrogens with zero attached hydrogens (tertiary/aromatic N) is 1. The Balaban J connectivity index is 2.57. The van der Waals surface area contributed by atoms with Gasteiger partial charge in [-0.25, -0.2) is 4.98 Å². The van der Waals surface area contributed by atoms with Gasteiger partial charge in [0.15, 0.2) is 5.06 Å². The number of halogens is 2. The van der Waals surface area contributed by atoms with Crippen molar-refractivity contribution in [1.29, 1.82) is 0 Å². The van der Waals surface area contributed by atoms with Crippen LogP contribution in [-0.4, -0.2) is 25.7 Å². The quantitative estimate of drug-likeness (QED) is 0.676. The lowest BCUT2D eigenvalue weighted by Crippen LogP contribution is -2.37. The van der Waals surface area contributed by atoms with E-state index < -0.39 is 5.06 Å². The fourth-order valence-corrected chi connectivity index (χ4v) is 1.12. The smallest absolute Gasteiger partial charge is 0.213 e. The zero-order valence-electron chi connectivity index (χ0n) is 8.58. The zero-order valence-corrected chi connectivity index (χ0v) is 11.5. The molecule has 1 rings (SSSR count). The van der Waals surface area contributed by atoms with Gasteiger partial charge < -0.3 is 9.84 Å². The fourth-order valence-electron chi connectivity index (χ4n) is 0.888. The highest BCUT2D eigenvalue weighted by molar-refractivity contribution is 14.1. The monoisotopic (exact) mass is 341 g/mol. The van der Waals surface area contributed by atoms with E-state index in [1.807, 2.05) is 26.0 Å². The molecule has 3 nitrogen and oxygen atoms in total. The van der Waals surface area contributed by atoms with Crippen LogP contribution in [0.1, 0.15) is 12.6 Å². The summed E-state index contributed by atoms with van der Waals surface area (Å²) in [7, 11) is 0. The maximum Gasteiger partial charge on any atom is 0.213 e. The van der Waals surface area contributed by atoms with Gasteiger partial charge >= 0.3 is 0 Å². The van der Waals surface area contributed by atoms with Crippen LogP contribution in [0.3, 0.4) is 0 Å². The van der Waals surface area contributed by atoms with Gasteiger partial charge in [0, 0.05) is 11.8 Å². The molecule has 15 heavy (non-hydrogen) atoms. The Morgan fingerprint density at radius 2 is 2.33 bits per heavy atom. The van der Waals surface area contributed by atoms with E-state index in [1.54, 1.807) is 6.07 Å². The summed E-state index contributed by atoms with van der Waals surface area (Å²) in [5.74, 6) is 0.478. The molecule has 0 aliphatic rings. The normalized spacial score (nSPS) is 16.9. The molecule has 2 unspecified atom stereocenters. The van der Waals surface area contributed by atoms with Crippen LogP contribution in [0, 0.1) is 6.92 Å². The van der Waals surface area contributed by atoms with E-state index in [0.29, 0.717) is 5.88 Å². The summed E-state index contributed by atoms with van der Waals surface area (Å²) in [6.45, 7) is 3.72. The van der Waals surface area contributed by atoms with Crippen molar-refractivity contribution in [3.8, 4) is 5.88 Å². The van der Waals surface area contributed by atoms with Crippen molar-refractivity contribution in [2.45, 2.75) is 22.8 Å². The molecule has 1 aromatic heterocycles. The van der Waals surface area contributed by atoms with E-state index in [-0.39, 0.29) is 10.5 Å². The summed E-state index contributed by atoms with van der Waals surface area (Å²) < 4.78 is 5.21. The summed E-state index contributed by atoms with van der Waals surface area (Å²) >= 11 is 7.91. The standard InChI is InChI=1S/C10H13ClINO2/c1-7-4-3-5-9(13-7)15-6-10(11,14)8(2)12/h3-5,8,14H,6H2,1-2H3. The third-order valence-corrected chi connectivity index (χ3v) is 3.73. The minimum atomic E-state index is -1.36. The van der Waals surface area contributed by atoms with Crippen LogP contribution in [0.15, 0.2) is 18.2 Å².